The van der Waals surface area contributed by atoms with Crippen LogP contribution in [0.25, 0.3) is 0 Å². The normalized spacial score (nSPS) is 14.0. The predicted molar refractivity (Wildman–Crippen MR) is 83.1 cm³/mol. The molecule has 1 fully saturated rings. The van der Waals surface area contributed by atoms with Gasteiger partial charge in [-0.1, -0.05) is 17.8 Å². The molecule has 0 unspecified atom stereocenters. The molecule has 0 aliphatic heterocycles. The monoisotopic (exact) mass is 319 g/mol. The Morgan fingerprint density at radius 3 is 2.81 bits per heavy atom. The van der Waals surface area contributed by atoms with Crippen LogP contribution in [0.2, 0.25) is 0 Å². The second kappa shape index (κ2) is 5.95. The maximum atomic E-state index is 12.3. The molecule has 21 heavy (non-hydrogen) atoms. The zero-order valence-corrected chi connectivity index (χ0v) is 13.0. The number of hydrogen-bond acceptors (Lipinski definition) is 6. The number of nitrogens with zero attached hydrogens (tertiary/aromatic N) is 2. The lowest BCUT2D eigenvalue weighted by atomic mass is 10.2. The highest BCUT2D eigenvalue weighted by molar-refractivity contribution is 8.00. The summed E-state index contributed by atoms with van der Waals surface area (Å²) in [6.07, 6.45) is 5.31. The first kappa shape index (κ1) is 14.2. The van der Waals surface area contributed by atoms with Gasteiger partial charge < -0.3 is 5.32 Å². The SMILES string of the molecule is CSc1nc(NC(=O)c2ccccn2)c(C(=O)C2CC2)s1. The Bertz CT molecular complexity index is 681. The average Bonchev–Trinajstić information content (AvgIpc) is 3.29. The van der Waals surface area contributed by atoms with E-state index in [1.54, 1.807) is 24.4 Å². The molecule has 0 saturated heterocycles. The number of amides is 1. The van der Waals surface area contributed by atoms with E-state index >= 15 is 0 Å². The van der Waals surface area contributed by atoms with E-state index in [0.717, 1.165) is 17.2 Å². The molecule has 3 rings (SSSR count). The van der Waals surface area contributed by atoms with E-state index in [1.165, 1.54) is 23.1 Å². The van der Waals surface area contributed by atoms with Crippen molar-refractivity contribution in [1.29, 1.82) is 0 Å². The first-order chi connectivity index (χ1) is 10.2. The lowest BCUT2D eigenvalue weighted by Crippen LogP contribution is -2.16. The van der Waals surface area contributed by atoms with E-state index < -0.39 is 0 Å². The summed E-state index contributed by atoms with van der Waals surface area (Å²) in [5, 5.41) is 2.71. The molecule has 2 heterocycles. The minimum atomic E-state index is -0.349. The van der Waals surface area contributed by atoms with E-state index in [9.17, 15) is 9.59 Å². The van der Waals surface area contributed by atoms with Crippen LogP contribution in [-0.4, -0.2) is 27.9 Å². The van der Waals surface area contributed by atoms with Crippen LogP contribution < -0.4 is 5.32 Å². The summed E-state index contributed by atoms with van der Waals surface area (Å²) in [5.74, 6) is 0.199. The maximum absolute atomic E-state index is 12.3. The molecule has 1 saturated carbocycles. The third-order valence-corrected chi connectivity index (χ3v) is 5.14. The Balaban J connectivity index is 1.85. The second-order valence-corrected chi connectivity index (χ2v) is 6.72. The van der Waals surface area contributed by atoms with Crippen molar-refractivity contribution in [3.8, 4) is 0 Å². The minimum absolute atomic E-state index is 0.0871. The number of pyridine rings is 1. The van der Waals surface area contributed by atoms with E-state index in [1.807, 2.05) is 6.26 Å². The Hall–Kier alpha value is -1.73. The third-order valence-electron chi connectivity index (χ3n) is 3.08. The van der Waals surface area contributed by atoms with Crippen LogP contribution in [0, 0.1) is 5.92 Å². The number of anilines is 1. The average molecular weight is 319 g/mol. The molecule has 2 aromatic rings. The molecule has 2 aromatic heterocycles. The molecular weight excluding hydrogens is 306 g/mol. The first-order valence-corrected chi connectivity index (χ1v) is 8.54. The summed E-state index contributed by atoms with van der Waals surface area (Å²) in [6, 6.07) is 5.11. The number of carbonyl (C=O) groups is 2. The van der Waals surface area contributed by atoms with Gasteiger partial charge in [-0.05, 0) is 31.2 Å². The number of nitrogens with one attached hydrogen (secondary N) is 1. The van der Waals surface area contributed by atoms with Crippen LogP contribution in [-0.2, 0) is 0 Å². The van der Waals surface area contributed by atoms with Gasteiger partial charge in [0.15, 0.2) is 15.9 Å². The summed E-state index contributed by atoms with van der Waals surface area (Å²) in [5.41, 5.74) is 0.307. The number of rotatable bonds is 5. The van der Waals surface area contributed by atoms with Gasteiger partial charge in [-0.25, -0.2) is 4.98 Å². The summed E-state index contributed by atoms with van der Waals surface area (Å²) >= 11 is 2.80. The molecule has 0 radical (unpaired) electrons. The van der Waals surface area contributed by atoms with Crippen LogP contribution in [0.5, 0.6) is 0 Å². The number of ketones is 1. The lowest BCUT2D eigenvalue weighted by Gasteiger charge is -2.03. The molecular formula is C14H13N3O2S2. The van der Waals surface area contributed by atoms with Crippen LogP contribution >= 0.6 is 23.1 Å². The number of carbonyl (C=O) groups excluding carboxylic acids is 2. The largest absolute Gasteiger partial charge is 0.304 e. The van der Waals surface area contributed by atoms with E-state index in [-0.39, 0.29) is 17.6 Å². The van der Waals surface area contributed by atoms with Crippen molar-refractivity contribution in [1.82, 2.24) is 9.97 Å². The molecule has 108 valence electrons. The van der Waals surface area contributed by atoms with Crippen molar-refractivity contribution in [2.24, 2.45) is 5.92 Å². The van der Waals surface area contributed by atoms with Gasteiger partial charge in [0.25, 0.3) is 5.91 Å². The molecule has 1 aliphatic rings. The van der Waals surface area contributed by atoms with E-state index in [4.69, 9.17) is 0 Å². The fourth-order valence-electron chi connectivity index (χ4n) is 1.84. The lowest BCUT2D eigenvalue weighted by molar-refractivity contribution is 0.0972. The van der Waals surface area contributed by atoms with Crippen molar-refractivity contribution in [2.45, 2.75) is 17.2 Å². The third kappa shape index (κ3) is 3.14. The molecule has 0 atom stereocenters. The molecule has 7 heteroatoms. The fraction of sp³-hybridized carbons (Fsp3) is 0.286. The topological polar surface area (TPSA) is 72.0 Å². The molecule has 5 nitrogen and oxygen atoms in total. The summed E-state index contributed by atoms with van der Waals surface area (Å²) < 4.78 is 0.773. The quantitative estimate of drug-likeness (QED) is 0.677. The molecule has 1 N–H and O–H groups in total. The second-order valence-electron chi connectivity index (χ2n) is 4.67. The van der Waals surface area contributed by atoms with Gasteiger partial charge in [-0.3, -0.25) is 14.6 Å². The smallest absolute Gasteiger partial charge is 0.275 e. The van der Waals surface area contributed by atoms with Crippen LogP contribution in [0.1, 0.15) is 33.0 Å². The van der Waals surface area contributed by atoms with Gasteiger partial charge in [0, 0.05) is 12.1 Å². The molecule has 0 aromatic carbocycles. The molecule has 0 bridgehead atoms. The highest BCUT2D eigenvalue weighted by Gasteiger charge is 2.34. The number of Topliss-reactive ketones (excluding diaryl/α,β-unsaturated/α-hetero) is 1. The maximum Gasteiger partial charge on any atom is 0.275 e. The zero-order chi connectivity index (χ0) is 14.8. The minimum Gasteiger partial charge on any atom is -0.304 e. The van der Waals surface area contributed by atoms with Crippen molar-refractivity contribution >= 4 is 40.6 Å². The zero-order valence-electron chi connectivity index (χ0n) is 11.3. The number of thioether (sulfide) groups is 1. The van der Waals surface area contributed by atoms with Crippen LogP contribution in [0.4, 0.5) is 5.82 Å². The van der Waals surface area contributed by atoms with Gasteiger partial charge in [0.05, 0.1) is 0 Å². The summed E-state index contributed by atoms with van der Waals surface area (Å²) in [4.78, 5) is 33.3. The summed E-state index contributed by atoms with van der Waals surface area (Å²) in [6.45, 7) is 0. The highest BCUT2D eigenvalue weighted by atomic mass is 32.2. The Kier molecular flexibility index (Phi) is 4.03. The van der Waals surface area contributed by atoms with Gasteiger partial charge in [-0.15, -0.1) is 11.3 Å². The number of aromatic nitrogens is 2. The van der Waals surface area contributed by atoms with Crippen molar-refractivity contribution < 1.29 is 9.59 Å². The van der Waals surface area contributed by atoms with Gasteiger partial charge >= 0.3 is 0 Å². The van der Waals surface area contributed by atoms with Crippen molar-refractivity contribution in [3.05, 3.63) is 35.0 Å². The summed E-state index contributed by atoms with van der Waals surface area (Å²) in [7, 11) is 0. The Labute approximate surface area is 130 Å². The molecule has 1 amide bonds. The van der Waals surface area contributed by atoms with Gasteiger partial charge in [-0.2, -0.15) is 0 Å². The van der Waals surface area contributed by atoms with Crippen molar-refractivity contribution in [3.63, 3.8) is 0 Å². The van der Waals surface area contributed by atoms with E-state index in [2.05, 4.69) is 15.3 Å². The predicted octanol–water partition coefficient (Wildman–Crippen LogP) is 3.11. The molecule has 1 aliphatic carbocycles. The number of hydrogen-bond donors (Lipinski definition) is 1. The van der Waals surface area contributed by atoms with Crippen molar-refractivity contribution in [2.75, 3.05) is 11.6 Å². The number of thiazole rings is 1. The van der Waals surface area contributed by atoms with Gasteiger partial charge in [0.1, 0.15) is 10.6 Å². The van der Waals surface area contributed by atoms with Gasteiger partial charge in [0.2, 0.25) is 0 Å². The van der Waals surface area contributed by atoms with Crippen LogP contribution in [0.3, 0.4) is 0 Å². The van der Waals surface area contributed by atoms with E-state index in [0.29, 0.717) is 16.4 Å². The van der Waals surface area contributed by atoms with Crippen LogP contribution in [0.15, 0.2) is 28.7 Å². The molecule has 0 spiro atoms. The fourth-order valence-corrected chi connectivity index (χ4v) is 3.38. The Morgan fingerprint density at radius 2 is 2.19 bits per heavy atom. The first-order valence-electron chi connectivity index (χ1n) is 6.50. The Morgan fingerprint density at radius 1 is 1.38 bits per heavy atom. The standard InChI is InChI=1S/C14H13N3O2S2/c1-20-14-17-12(11(21-14)10(18)8-5-6-8)16-13(19)9-4-2-3-7-15-9/h2-4,7-8H,5-6H2,1H3,(H,16,19). The highest BCUT2D eigenvalue weighted by Crippen LogP contribution is 2.38.